The van der Waals surface area contributed by atoms with Gasteiger partial charge in [0.05, 0.1) is 35.3 Å². The highest BCUT2D eigenvalue weighted by molar-refractivity contribution is 7.98. The van der Waals surface area contributed by atoms with Gasteiger partial charge < -0.3 is 9.30 Å². The molecule has 0 radical (unpaired) electrons. The van der Waals surface area contributed by atoms with E-state index in [1.807, 2.05) is 34.9 Å². The lowest BCUT2D eigenvalue weighted by atomic mass is 10.1. The van der Waals surface area contributed by atoms with Crippen LogP contribution in [0.15, 0.2) is 71.9 Å². The molecule has 34 heavy (non-hydrogen) atoms. The first kappa shape index (κ1) is 23.8. The fourth-order valence-corrected chi connectivity index (χ4v) is 4.47. The van der Waals surface area contributed by atoms with Gasteiger partial charge in [0, 0.05) is 5.75 Å². The SMILES string of the molecule is CCOC(=O)c1ccc2c(c1)nc(SCc1cc(C(F)(F)F)ccc1F)n2Cc1ccccc1. The Morgan fingerprint density at radius 3 is 2.53 bits per heavy atom. The summed E-state index contributed by atoms with van der Waals surface area (Å²) in [5.41, 5.74) is 1.65. The summed E-state index contributed by atoms with van der Waals surface area (Å²) in [5.74, 6) is -1.23. The Morgan fingerprint density at radius 1 is 1.06 bits per heavy atom. The number of fused-ring (bicyclic) bond motifs is 1. The average molecular weight is 489 g/mol. The zero-order chi connectivity index (χ0) is 24.3. The highest BCUT2D eigenvalue weighted by Gasteiger charge is 2.31. The van der Waals surface area contributed by atoms with E-state index in [1.165, 1.54) is 0 Å². The lowest BCUT2D eigenvalue weighted by Crippen LogP contribution is -2.06. The molecule has 0 atom stereocenters. The maximum absolute atomic E-state index is 14.3. The van der Waals surface area contributed by atoms with Gasteiger partial charge in [0.25, 0.3) is 0 Å². The Kier molecular flexibility index (Phi) is 6.92. The van der Waals surface area contributed by atoms with Crippen molar-refractivity contribution in [3.05, 3.63) is 94.8 Å². The predicted octanol–water partition coefficient (Wildman–Crippen LogP) is 6.71. The van der Waals surface area contributed by atoms with Crippen LogP contribution in [0.1, 0.15) is 34.0 Å². The number of hydrogen-bond acceptors (Lipinski definition) is 4. The van der Waals surface area contributed by atoms with Gasteiger partial charge in [-0.1, -0.05) is 42.1 Å². The Balaban J connectivity index is 1.70. The standard InChI is InChI=1S/C25H20F4N2O2S/c1-2-33-23(32)17-8-11-22-21(13-17)30-24(31(22)14-16-6-4-3-5-7-16)34-15-18-12-19(25(27,28)29)9-10-20(18)26/h3-13H,2,14-15H2,1H3. The van der Waals surface area contributed by atoms with Crippen molar-refractivity contribution in [3.8, 4) is 0 Å². The minimum absolute atomic E-state index is 0.0431. The third-order valence-corrected chi connectivity index (χ3v) is 6.16. The van der Waals surface area contributed by atoms with E-state index in [2.05, 4.69) is 4.98 Å². The first-order valence-electron chi connectivity index (χ1n) is 10.5. The average Bonchev–Trinajstić information content (AvgIpc) is 3.15. The summed E-state index contributed by atoms with van der Waals surface area (Å²) in [7, 11) is 0. The van der Waals surface area contributed by atoms with Crippen LogP contribution in [-0.2, 0) is 23.2 Å². The molecule has 0 aliphatic carbocycles. The van der Waals surface area contributed by atoms with Crippen LogP contribution in [0.2, 0.25) is 0 Å². The van der Waals surface area contributed by atoms with E-state index in [1.54, 1.807) is 25.1 Å². The molecule has 1 heterocycles. The Hall–Kier alpha value is -3.33. The number of benzene rings is 3. The fraction of sp³-hybridized carbons (Fsp3) is 0.200. The molecule has 0 bridgehead atoms. The summed E-state index contributed by atoms with van der Waals surface area (Å²) in [6.45, 7) is 2.40. The number of thioether (sulfide) groups is 1. The highest BCUT2D eigenvalue weighted by atomic mass is 32.2. The predicted molar refractivity (Wildman–Crippen MR) is 122 cm³/mol. The lowest BCUT2D eigenvalue weighted by Gasteiger charge is -2.11. The largest absolute Gasteiger partial charge is 0.462 e. The van der Waals surface area contributed by atoms with Crippen LogP contribution in [0, 0.1) is 5.82 Å². The minimum Gasteiger partial charge on any atom is -0.462 e. The zero-order valence-corrected chi connectivity index (χ0v) is 18.9. The van der Waals surface area contributed by atoms with Crippen molar-refractivity contribution in [3.63, 3.8) is 0 Å². The molecule has 0 saturated carbocycles. The second-order valence-corrected chi connectivity index (χ2v) is 8.43. The molecule has 0 unspecified atom stereocenters. The topological polar surface area (TPSA) is 44.1 Å². The normalized spacial score (nSPS) is 11.7. The number of esters is 1. The van der Waals surface area contributed by atoms with Crippen LogP contribution in [0.4, 0.5) is 17.6 Å². The number of alkyl halides is 3. The van der Waals surface area contributed by atoms with Crippen LogP contribution in [0.5, 0.6) is 0 Å². The van der Waals surface area contributed by atoms with E-state index >= 15 is 0 Å². The van der Waals surface area contributed by atoms with Gasteiger partial charge in [0.1, 0.15) is 5.82 Å². The smallest absolute Gasteiger partial charge is 0.416 e. The second kappa shape index (κ2) is 9.89. The fourth-order valence-electron chi connectivity index (χ4n) is 3.48. The summed E-state index contributed by atoms with van der Waals surface area (Å²) in [6, 6.07) is 17.0. The third kappa shape index (κ3) is 5.25. The van der Waals surface area contributed by atoms with Gasteiger partial charge in [0.2, 0.25) is 0 Å². The molecule has 0 saturated heterocycles. The summed E-state index contributed by atoms with van der Waals surface area (Å²) in [4.78, 5) is 16.7. The van der Waals surface area contributed by atoms with Gasteiger partial charge in [-0.25, -0.2) is 14.2 Å². The van der Waals surface area contributed by atoms with Crippen LogP contribution in [0.3, 0.4) is 0 Å². The first-order chi connectivity index (χ1) is 16.3. The lowest BCUT2D eigenvalue weighted by molar-refractivity contribution is -0.137. The van der Waals surface area contributed by atoms with Gasteiger partial charge in [-0.3, -0.25) is 0 Å². The minimum atomic E-state index is -4.56. The molecule has 1 aromatic heterocycles. The summed E-state index contributed by atoms with van der Waals surface area (Å²) < 4.78 is 60.5. The van der Waals surface area contributed by atoms with Crippen molar-refractivity contribution < 1.29 is 27.1 Å². The van der Waals surface area contributed by atoms with Gasteiger partial charge in [-0.2, -0.15) is 13.2 Å². The van der Waals surface area contributed by atoms with Crippen LogP contribution in [0.25, 0.3) is 11.0 Å². The molecule has 4 rings (SSSR count). The van der Waals surface area contributed by atoms with Gasteiger partial charge in [-0.05, 0) is 54.4 Å². The van der Waals surface area contributed by atoms with E-state index in [4.69, 9.17) is 4.74 Å². The van der Waals surface area contributed by atoms with E-state index in [0.29, 0.717) is 22.8 Å². The number of carbonyl (C=O) groups excluding carboxylic acids is 1. The van der Waals surface area contributed by atoms with Crippen molar-refractivity contribution in [1.82, 2.24) is 9.55 Å². The van der Waals surface area contributed by atoms with Crippen molar-refractivity contribution in [2.24, 2.45) is 0 Å². The van der Waals surface area contributed by atoms with E-state index in [9.17, 15) is 22.4 Å². The quantitative estimate of drug-likeness (QED) is 0.165. The molecule has 0 spiro atoms. The maximum atomic E-state index is 14.3. The molecule has 9 heteroatoms. The molecular weight excluding hydrogens is 468 g/mol. The number of nitrogens with zero attached hydrogens (tertiary/aromatic N) is 2. The number of imidazole rings is 1. The monoisotopic (exact) mass is 488 g/mol. The Labute approximate surface area is 197 Å². The molecule has 4 aromatic rings. The molecule has 3 aromatic carbocycles. The van der Waals surface area contributed by atoms with Gasteiger partial charge in [-0.15, -0.1) is 0 Å². The number of halogens is 4. The number of ether oxygens (including phenoxy) is 1. The summed E-state index contributed by atoms with van der Waals surface area (Å²) in [5, 5.41) is 0.497. The van der Waals surface area contributed by atoms with Crippen molar-refractivity contribution in [2.75, 3.05) is 6.61 Å². The molecule has 0 fully saturated rings. The van der Waals surface area contributed by atoms with E-state index in [-0.39, 0.29) is 17.9 Å². The first-order valence-corrected chi connectivity index (χ1v) is 11.4. The summed E-state index contributed by atoms with van der Waals surface area (Å²) in [6.07, 6.45) is -4.56. The zero-order valence-electron chi connectivity index (χ0n) is 18.1. The molecule has 0 amide bonds. The Bertz CT molecular complexity index is 1320. The van der Waals surface area contributed by atoms with Crippen molar-refractivity contribution in [1.29, 1.82) is 0 Å². The number of aromatic nitrogens is 2. The molecular formula is C25H20F4N2O2S. The maximum Gasteiger partial charge on any atom is 0.416 e. The molecule has 4 nitrogen and oxygen atoms in total. The highest BCUT2D eigenvalue weighted by Crippen LogP contribution is 2.33. The summed E-state index contributed by atoms with van der Waals surface area (Å²) >= 11 is 1.13. The van der Waals surface area contributed by atoms with Crippen LogP contribution in [-0.4, -0.2) is 22.1 Å². The van der Waals surface area contributed by atoms with Crippen molar-refractivity contribution in [2.45, 2.75) is 30.6 Å². The van der Waals surface area contributed by atoms with Gasteiger partial charge in [0.15, 0.2) is 5.16 Å². The molecule has 176 valence electrons. The molecule has 0 N–H and O–H groups in total. The third-order valence-electron chi connectivity index (χ3n) is 5.14. The van der Waals surface area contributed by atoms with E-state index in [0.717, 1.165) is 41.0 Å². The number of carbonyl (C=O) groups is 1. The van der Waals surface area contributed by atoms with Gasteiger partial charge >= 0.3 is 12.1 Å². The molecule has 0 aliphatic rings. The van der Waals surface area contributed by atoms with E-state index < -0.39 is 23.5 Å². The van der Waals surface area contributed by atoms with Crippen LogP contribution >= 0.6 is 11.8 Å². The number of rotatable bonds is 7. The van der Waals surface area contributed by atoms with Crippen LogP contribution < -0.4 is 0 Å². The second-order valence-electron chi connectivity index (χ2n) is 7.48. The molecule has 0 aliphatic heterocycles. The number of hydrogen-bond donors (Lipinski definition) is 0. The Morgan fingerprint density at radius 2 is 1.82 bits per heavy atom. The van der Waals surface area contributed by atoms with Crippen molar-refractivity contribution >= 4 is 28.8 Å².